The predicted molar refractivity (Wildman–Crippen MR) is 96.5 cm³/mol. The van der Waals surface area contributed by atoms with Crippen LogP contribution in [0.25, 0.3) is 0 Å². The lowest BCUT2D eigenvalue weighted by Crippen LogP contribution is -2.41. The maximum absolute atomic E-state index is 12.6. The molecule has 1 aromatic rings. The molecule has 0 unspecified atom stereocenters. The highest BCUT2D eigenvalue weighted by Crippen LogP contribution is 2.22. The van der Waals surface area contributed by atoms with Gasteiger partial charge in [0.2, 0.25) is 0 Å². The number of aldehydes is 1. The number of carbonyl (C=O) groups is 3. The Morgan fingerprint density at radius 1 is 1.19 bits per heavy atom. The van der Waals surface area contributed by atoms with Crippen molar-refractivity contribution in [2.75, 3.05) is 27.8 Å². The molecule has 2 rings (SSSR count). The van der Waals surface area contributed by atoms with Crippen LogP contribution in [0.4, 0.5) is 0 Å². The van der Waals surface area contributed by atoms with Crippen LogP contribution in [-0.4, -0.2) is 63.0 Å². The van der Waals surface area contributed by atoms with E-state index in [1.54, 1.807) is 0 Å². The molecule has 7 nitrogen and oxygen atoms in total. The van der Waals surface area contributed by atoms with Crippen molar-refractivity contribution in [3.05, 3.63) is 29.3 Å². The molecule has 0 aliphatic heterocycles. The quantitative estimate of drug-likeness (QED) is 0.586. The Balaban J connectivity index is 2.01. The fourth-order valence-corrected chi connectivity index (χ4v) is 3.11. The molecule has 26 heavy (non-hydrogen) atoms. The highest BCUT2D eigenvalue weighted by molar-refractivity contribution is 5.96. The first-order valence-corrected chi connectivity index (χ1v) is 8.70. The van der Waals surface area contributed by atoms with Gasteiger partial charge in [0.05, 0.1) is 7.11 Å². The zero-order valence-electron chi connectivity index (χ0n) is 15.5. The fourth-order valence-electron chi connectivity index (χ4n) is 3.11. The Kier molecular flexibility index (Phi) is 7.15. The first-order valence-electron chi connectivity index (χ1n) is 8.70. The number of methoxy groups -OCH3 is 1. The largest absolute Gasteiger partial charge is 0.482 e. The van der Waals surface area contributed by atoms with Crippen LogP contribution in [0.15, 0.2) is 18.2 Å². The molecule has 1 aromatic carbocycles. The first-order chi connectivity index (χ1) is 12.4. The van der Waals surface area contributed by atoms with E-state index in [1.165, 1.54) is 25.3 Å². The third-order valence-electron chi connectivity index (χ3n) is 4.67. The van der Waals surface area contributed by atoms with Crippen LogP contribution in [-0.2, 0) is 9.53 Å². The number of hydrogen-bond donors (Lipinski definition) is 1. The van der Waals surface area contributed by atoms with E-state index in [-0.39, 0.29) is 24.3 Å². The summed E-state index contributed by atoms with van der Waals surface area (Å²) in [5.74, 6) is -0.503. The number of amides is 1. The third-order valence-corrected chi connectivity index (χ3v) is 4.67. The maximum atomic E-state index is 12.6. The summed E-state index contributed by atoms with van der Waals surface area (Å²) in [7, 11) is 5.41. The monoisotopic (exact) mass is 362 g/mol. The fraction of sp³-hybridized carbons (Fsp3) is 0.526. The average molecular weight is 362 g/mol. The van der Waals surface area contributed by atoms with Gasteiger partial charge in [0.1, 0.15) is 12.0 Å². The van der Waals surface area contributed by atoms with Gasteiger partial charge in [-0.15, -0.1) is 0 Å². The van der Waals surface area contributed by atoms with Crippen molar-refractivity contribution in [2.24, 2.45) is 0 Å². The molecule has 1 aliphatic rings. The Labute approximate surface area is 153 Å². The van der Waals surface area contributed by atoms with Crippen LogP contribution >= 0.6 is 0 Å². The first kappa shape index (κ1) is 19.9. The minimum Gasteiger partial charge on any atom is -0.482 e. The van der Waals surface area contributed by atoms with E-state index in [0.717, 1.165) is 25.7 Å². The van der Waals surface area contributed by atoms with E-state index in [0.29, 0.717) is 23.5 Å². The number of hydrogen-bond acceptors (Lipinski definition) is 6. The van der Waals surface area contributed by atoms with E-state index in [9.17, 15) is 14.4 Å². The Morgan fingerprint density at radius 3 is 2.46 bits per heavy atom. The van der Waals surface area contributed by atoms with E-state index in [2.05, 4.69) is 29.0 Å². The molecule has 0 spiro atoms. The van der Waals surface area contributed by atoms with Gasteiger partial charge < -0.3 is 19.7 Å². The van der Waals surface area contributed by atoms with Gasteiger partial charge in [-0.25, -0.2) is 4.79 Å². The molecule has 1 fully saturated rings. The molecular weight excluding hydrogens is 336 g/mol. The van der Waals surface area contributed by atoms with Crippen molar-refractivity contribution < 1.29 is 23.9 Å². The molecule has 1 aliphatic carbocycles. The summed E-state index contributed by atoms with van der Waals surface area (Å²) in [4.78, 5) is 37.1. The van der Waals surface area contributed by atoms with Crippen LogP contribution in [0, 0.1) is 0 Å². The lowest BCUT2D eigenvalue weighted by atomic mass is 9.90. The summed E-state index contributed by atoms with van der Waals surface area (Å²) < 4.78 is 9.82. The zero-order chi connectivity index (χ0) is 19.1. The van der Waals surface area contributed by atoms with Gasteiger partial charge in [-0.3, -0.25) is 9.59 Å². The normalized spacial score (nSPS) is 19.7. The van der Waals surface area contributed by atoms with E-state index in [1.807, 2.05) is 0 Å². The summed E-state index contributed by atoms with van der Waals surface area (Å²) in [6, 6.07) is 5.20. The smallest absolute Gasteiger partial charge is 0.343 e. The lowest BCUT2D eigenvalue weighted by molar-refractivity contribution is -0.142. The molecule has 0 atom stereocenters. The van der Waals surface area contributed by atoms with Gasteiger partial charge in [-0.1, -0.05) is 0 Å². The number of benzene rings is 1. The van der Waals surface area contributed by atoms with E-state index < -0.39 is 5.97 Å². The molecule has 0 bridgehead atoms. The van der Waals surface area contributed by atoms with Crippen molar-refractivity contribution in [3.63, 3.8) is 0 Å². The SMILES string of the molecule is COC(=O)COc1cc(C=O)cc(C(=O)NC2CCC(N(C)C)CC2)c1. The van der Waals surface area contributed by atoms with Crippen molar-refractivity contribution in [2.45, 2.75) is 37.8 Å². The van der Waals surface area contributed by atoms with Crippen LogP contribution in [0.2, 0.25) is 0 Å². The van der Waals surface area contributed by atoms with Crippen molar-refractivity contribution in [1.29, 1.82) is 0 Å². The van der Waals surface area contributed by atoms with Crippen LogP contribution in [0.5, 0.6) is 5.75 Å². The third kappa shape index (κ3) is 5.56. The maximum Gasteiger partial charge on any atom is 0.343 e. The van der Waals surface area contributed by atoms with Crippen LogP contribution in [0.3, 0.4) is 0 Å². The standard InChI is InChI=1S/C19H26N2O5/c1-21(2)16-6-4-15(5-7-16)20-19(24)14-8-13(11-22)9-17(10-14)26-12-18(23)25-3/h8-11,15-16H,4-7,12H2,1-3H3,(H,20,24). The highest BCUT2D eigenvalue weighted by Gasteiger charge is 2.24. The summed E-state index contributed by atoms with van der Waals surface area (Å²) in [6.45, 7) is -0.283. The number of rotatable bonds is 7. The van der Waals surface area contributed by atoms with Gasteiger partial charge >= 0.3 is 5.97 Å². The van der Waals surface area contributed by atoms with Gasteiger partial charge in [0.25, 0.3) is 5.91 Å². The Hall–Kier alpha value is -2.41. The van der Waals surface area contributed by atoms with Crippen molar-refractivity contribution >= 4 is 18.2 Å². The number of ether oxygens (including phenoxy) is 2. The van der Waals surface area contributed by atoms with E-state index in [4.69, 9.17) is 4.74 Å². The minimum atomic E-state index is -0.537. The summed E-state index contributed by atoms with van der Waals surface area (Å²) in [5, 5.41) is 3.03. The molecule has 1 amide bonds. The van der Waals surface area contributed by atoms with Gasteiger partial charge in [-0.2, -0.15) is 0 Å². The number of nitrogens with one attached hydrogen (secondary N) is 1. The summed E-state index contributed by atoms with van der Waals surface area (Å²) >= 11 is 0. The minimum absolute atomic E-state index is 0.123. The second-order valence-electron chi connectivity index (χ2n) is 6.72. The predicted octanol–water partition coefficient (Wildman–Crippen LogP) is 1.65. The second kappa shape index (κ2) is 9.33. The molecule has 0 heterocycles. The molecule has 0 radical (unpaired) electrons. The molecular formula is C19H26N2O5. The number of nitrogens with zero attached hydrogens (tertiary/aromatic N) is 1. The van der Waals surface area contributed by atoms with Gasteiger partial charge in [0, 0.05) is 23.2 Å². The molecule has 1 saturated carbocycles. The van der Waals surface area contributed by atoms with E-state index >= 15 is 0 Å². The summed E-state index contributed by atoms with van der Waals surface area (Å²) in [5.41, 5.74) is 0.651. The summed E-state index contributed by atoms with van der Waals surface area (Å²) in [6.07, 6.45) is 4.57. The van der Waals surface area contributed by atoms with Gasteiger partial charge in [0.15, 0.2) is 6.61 Å². The molecule has 1 N–H and O–H groups in total. The van der Waals surface area contributed by atoms with Crippen molar-refractivity contribution in [3.8, 4) is 5.75 Å². The van der Waals surface area contributed by atoms with Crippen LogP contribution in [0.1, 0.15) is 46.4 Å². The van der Waals surface area contributed by atoms with Crippen LogP contribution < -0.4 is 10.1 Å². The second-order valence-corrected chi connectivity index (χ2v) is 6.72. The highest BCUT2D eigenvalue weighted by atomic mass is 16.6. The average Bonchev–Trinajstić information content (AvgIpc) is 2.66. The lowest BCUT2D eigenvalue weighted by Gasteiger charge is -2.33. The number of esters is 1. The molecule has 7 heteroatoms. The Morgan fingerprint density at radius 2 is 1.88 bits per heavy atom. The number of carbonyl (C=O) groups excluding carboxylic acids is 3. The zero-order valence-corrected chi connectivity index (χ0v) is 15.5. The molecule has 0 saturated heterocycles. The molecule has 0 aromatic heterocycles. The van der Waals surface area contributed by atoms with Gasteiger partial charge in [-0.05, 0) is 58.0 Å². The molecule has 142 valence electrons. The topological polar surface area (TPSA) is 84.9 Å². The Bertz CT molecular complexity index is 651. The van der Waals surface area contributed by atoms with Crippen molar-refractivity contribution in [1.82, 2.24) is 10.2 Å².